The molecule has 31 heavy (non-hydrogen) atoms. The number of hydrogen-bond donors (Lipinski definition) is 0. The van der Waals surface area contributed by atoms with E-state index in [2.05, 4.69) is 12.7 Å². The molecule has 3 aliphatic rings. The molecule has 6 atom stereocenters. The third-order valence-electron chi connectivity index (χ3n) is 6.19. The molecule has 0 saturated carbocycles. The predicted octanol–water partition coefficient (Wildman–Crippen LogP) is 3.57. The molecule has 0 N–H and O–H groups in total. The van der Waals surface area contributed by atoms with Crippen molar-refractivity contribution < 1.29 is 33.3 Å². The number of allylic oxidation sites excluding steroid dienone is 1. The number of ether oxygens (including phenoxy) is 4. The fourth-order valence-electron chi connectivity index (χ4n) is 4.68. The summed E-state index contributed by atoms with van der Waals surface area (Å²) < 4.78 is 22.8. The van der Waals surface area contributed by atoms with Crippen LogP contribution in [0.2, 0.25) is 0 Å². The topological polar surface area (TPSA) is 91.4 Å². The first-order valence-corrected chi connectivity index (χ1v) is 10.7. The second kappa shape index (κ2) is 8.99. The van der Waals surface area contributed by atoms with E-state index < -0.39 is 41.8 Å². The first-order valence-electron chi connectivity index (χ1n) is 10.7. The summed E-state index contributed by atoms with van der Waals surface area (Å²) in [5.41, 5.74) is 1.87. The van der Waals surface area contributed by atoms with Gasteiger partial charge in [-0.25, -0.2) is 4.79 Å². The van der Waals surface area contributed by atoms with Crippen LogP contribution in [-0.2, 0) is 33.3 Å². The number of esters is 3. The Bertz CT molecular complexity index is 839. The van der Waals surface area contributed by atoms with Gasteiger partial charge in [-0.05, 0) is 39.7 Å². The van der Waals surface area contributed by atoms with Crippen molar-refractivity contribution in [3.05, 3.63) is 35.5 Å². The van der Waals surface area contributed by atoms with Gasteiger partial charge in [-0.15, -0.1) is 0 Å². The van der Waals surface area contributed by atoms with Crippen molar-refractivity contribution in [3.8, 4) is 0 Å². The Kier molecular flexibility index (Phi) is 6.74. The number of carbonyl (C=O) groups excluding carboxylic acids is 3. The Labute approximate surface area is 183 Å². The molecular weight excluding hydrogens is 400 g/mol. The zero-order valence-corrected chi connectivity index (χ0v) is 18.9. The highest BCUT2D eigenvalue weighted by Gasteiger charge is 2.63. The fraction of sp³-hybridized carbons (Fsp3) is 0.625. The molecule has 0 aromatic carbocycles. The van der Waals surface area contributed by atoms with Crippen molar-refractivity contribution in [2.45, 2.75) is 90.3 Å². The average molecular weight is 433 g/mol. The average Bonchev–Trinajstić information content (AvgIpc) is 3.20. The Morgan fingerprint density at radius 1 is 1.13 bits per heavy atom. The molecule has 7 heteroatoms. The summed E-state index contributed by atoms with van der Waals surface area (Å²) in [6.07, 6.45) is 4.62. The Hall–Kier alpha value is -2.41. The van der Waals surface area contributed by atoms with Crippen molar-refractivity contribution in [1.82, 2.24) is 0 Å². The van der Waals surface area contributed by atoms with E-state index in [0.29, 0.717) is 18.4 Å². The van der Waals surface area contributed by atoms with E-state index in [4.69, 9.17) is 18.9 Å². The summed E-state index contributed by atoms with van der Waals surface area (Å²) in [6, 6.07) is 0. The Morgan fingerprint density at radius 2 is 1.81 bits per heavy atom. The molecule has 6 unspecified atom stereocenters. The molecule has 2 aliphatic heterocycles. The lowest BCUT2D eigenvalue weighted by molar-refractivity contribution is -0.150. The standard InChI is InChI=1S/C24H32O7/c1-13-8-7-9-24(6)22(31-24)21-20(15(3)23(27)30-21)19(29-17(5)26)12-14(2)11-18(10-13)28-16(4)25/h8,11,18-22H,3,7,9-10,12H2,1-2,4-6H3/b13-8-,14-11+. The molecule has 170 valence electrons. The summed E-state index contributed by atoms with van der Waals surface area (Å²) in [4.78, 5) is 35.9. The summed E-state index contributed by atoms with van der Waals surface area (Å²) >= 11 is 0. The van der Waals surface area contributed by atoms with Crippen LogP contribution in [-0.4, -0.2) is 47.9 Å². The van der Waals surface area contributed by atoms with Crippen LogP contribution in [0.25, 0.3) is 0 Å². The zero-order chi connectivity index (χ0) is 22.9. The number of fused-ring (bicyclic) bond motifs is 3. The maximum absolute atomic E-state index is 12.4. The van der Waals surface area contributed by atoms with E-state index >= 15 is 0 Å². The monoisotopic (exact) mass is 432 g/mol. The summed E-state index contributed by atoms with van der Waals surface area (Å²) in [6.45, 7) is 12.6. The van der Waals surface area contributed by atoms with E-state index in [1.807, 2.05) is 26.8 Å². The van der Waals surface area contributed by atoms with Gasteiger partial charge in [0.05, 0.1) is 11.5 Å². The van der Waals surface area contributed by atoms with E-state index in [1.54, 1.807) is 0 Å². The van der Waals surface area contributed by atoms with Gasteiger partial charge >= 0.3 is 17.9 Å². The molecule has 0 spiro atoms. The summed E-state index contributed by atoms with van der Waals surface area (Å²) in [7, 11) is 0. The van der Waals surface area contributed by atoms with E-state index in [9.17, 15) is 14.4 Å². The van der Waals surface area contributed by atoms with E-state index in [1.165, 1.54) is 13.8 Å². The van der Waals surface area contributed by atoms with Gasteiger partial charge in [0, 0.05) is 32.3 Å². The second-order valence-corrected chi connectivity index (χ2v) is 9.08. The van der Waals surface area contributed by atoms with Crippen LogP contribution in [0, 0.1) is 5.92 Å². The summed E-state index contributed by atoms with van der Waals surface area (Å²) in [5.74, 6) is -1.78. The lowest BCUT2D eigenvalue weighted by Crippen LogP contribution is -2.38. The van der Waals surface area contributed by atoms with Crippen LogP contribution in [0.1, 0.15) is 60.3 Å². The normalized spacial score (nSPS) is 39.5. The van der Waals surface area contributed by atoms with Gasteiger partial charge < -0.3 is 18.9 Å². The van der Waals surface area contributed by atoms with Crippen LogP contribution in [0.3, 0.4) is 0 Å². The number of rotatable bonds is 2. The molecule has 1 aliphatic carbocycles. The first-order chi connectivity index (χ1) is 14.5. The number of carbonyl (C=O) groups is 3. The molecule has 0 aromatic rings. The molecule has 3 rings (SSSR count). The molecule has 0 aromatic heterocycles. The van der Waals surface area contributed by atoms with Crippen molar-refractivity contribution in [3.63, 3.8) is 0 Å². The lowest BCUT2D eigenvalue weighted by Gasteiger charge is -2.27. The highest BCUT2D eigenvalue weighted by atomic mass is 16.6. The van der Waals surface area contributed by atoms with Crippen molar-refractivity contribution >= 4 is 17.9 Å². The third-order valence-corrected chi connectivity index (χ3v) is 6.19. The quantitative estimate of drug-likeness (QED) is 0.217. The maximum Gasteiger partial charge on any atom is 0.334 e. The van der Waals surface area contributed by atoms with Crippen LogP contribution in [0.15, 0.2) is 35.5 Å². The van der Waals surface area contributed by atoms with Crippen LogP contribution < -0.4 is 0 Å². The molecular formula is C24H32O7. The Balaban J connectivity index is 1.98. The SMILES string of the molecule is C=C1C(=O)OC2C1C(OC(C)=O)C/C(C)=C/C(OC(C)=O)C/C(C)=C\CCC1(C)OC21. The highest BCUT2D eigenvalue weighted by Crippen LogP contribution is 2.49. The molecule has 2 fully saturated rings. The molecule has 7 nitrogen and oxygen atoms in total. The van der Waals surface area contributed by atoms with Crippen molar-refractivity contribution in [1.29, 1.82) is 0 Å². The molecule has 0 bridgehead atoms. The maximum atomic E-state index is 12.4. The van der Waals surface area contributed by atoms with E-state index in [-0.39, 0.29) is 12.1 Å². The minimum Gasteiger partial charge on any atom is -0.461 e. The fourth-order valence-corrected chi connectivity index (χ4v) is 4.68. The zero-order valence-electron chi connectivity index (χ0n) is 18.9. The minimum atomic E-state index is -0.635. The highest BCUT2D eigenvalue weighted by molar-refractivity contribution is 5.91. The van der Waals surface area contributed by atoms with Gasteiger partial charge in [0.15, 0.2) is 0 Å². The van der Waals surface area contributed by atoms with Crippen LogP contribution >= 0.6 is 0 Å². The molecule has 2 heterocycles. The largest absolute Gasteiger partial charge is 0.461 e. The van der Waals surface area contributed by atoms with Crippen LogP contribution in [0.4, 0.5) is 0 Å². The number of epoxide rings is 1. The molecule has 0 radical (unpaired) electrons. The van der Waals surface area contributed by atoms with Crippen LogP contribution in [0.5, 0.6) is 0 Å². The van der Waals surface area contributed by atoms with Gasteiger partial charge in [0.25, 0.3) is 0 Å². The minimum absolute atomic E-state index is 0.270. The Morgan fingerprint density at radius 3 is 2.45 bits per heavy atom. The van der Waals surface area contributed by atoms with Crippen molar-refractivity contribution in [2.75, 3.05) is 0 Å². The van der Waals surface area contributed by atoms with Gasteiger partial charge in [0.2, 0.25) is 0 Å². The molecule has 0 amide bonds. The lowest BCUT2D eigenvalue weighted by atomic mass is 9.83. The van der Waals surface area contributed by atoms with Crippen molar-refractivity contribution in [2.24, 2.45) is 5.92 Å². The first kappa shape index (κ1) is 23.3. The summed E-state index contributed by atoms with van der Waals surface area (Å²) in [5, 5.41) is 0. The second-order valence-electron chi connectivity index (χ2n) is 9.08. The van der Waals surface area contributed by atoms with Gasteiger partial charge in [-0.1, -0.05) is 23.8 Å². The van der Waals surface area contributed by atoms with E-state index in [0.717, 1.165) is 24.0 Å². The smallest absolute Gasteiger partial charge is 0.334 e. The number of hydrogen-bond acceptors (Lipinski definition) is 7. The molecule has 2 saturated heterocycles. The predicted molar refractivity (Wildman–Crippen MR) is 113 cm³/mol. The van der Waals surface area contributed by atoms with Gasteiger partial charge in [0.1, 0.15) is 24.4 Å². The third kappa shape index (κ3) is 5.45. The van der Waals surface area contributed by atoms with Gasteiger partial charge in [-0.2, -0.15) is 0 Å². The van der Waals surface area contributed by atoms with Gasteiger partial charge in [-0.3, -0.25) is 9.59 Å².